The average molecular weight is 399 g/mol. The molecule has 1 saturated carbocycles. The molecule has 0 atom stereocenters. The van der Waals surface area contributed by atoms with E-state index in [0.717, 1.165) is 39.0 Å². The molecular formula is C17H20Cl2N4O3. The van der Waals surface area contributed by atoms with Crippen LogP contribution in [0.3, 0.4) is 0 Å². The van der Waals surface area contributed by atoms with E-state index in [9.17, 15) is 14.7 Å². The molecule has 9 heteroatoms. The molecule has 0 radical (unpaired) electrons. The van der Waals surface area contributed by atoms with Gasteiger partial charge < -0.3 is 19.5 Å². The molecule has 3 heterocycles. The fourth-order valence-corrected chi connectivity index (χ4v) is 3.53. The quantitative estimate of drug-likeness (QED) is 0.853. The van der Waals surface area contributed by atoms with Crippen molar-refractivity contribution < 1.29 is 9.90 Å². The van der Waals surface area contributed by atoms with E-state index in [1.54, 1.807) is 6.07 Å². The van der Waals surface area contributed by atoms with Gasteiger partial charge in [-0.05, 0) is 26.0 Å². The minimum Gasteiger partial charge on any atom is -0.477 e. The van der Waals surface area contributed by atoms with E-state index in [2.05, 4.69) is 16.8 Å². The van der Waals surface area contributed by atoms with Crippen LogP contribution < -0.4 is 10.3 Å². The highest BCUT2D eigenvalue weighted by molar-refractivity contribution is 6.33. The second kappa shape index (κ2) is 7.06. The maximum atomic E-state index is 12.5. The molecule has 2 aromatic rings. The summed E-state index contributed by atoms with van der Waals surface area (Å²) in [6, 6.07) is 1.78. The summed E-state index contributed by atoms with van der Waals surface area (Å²) in [5, 5.41) is 9.99. The van der Waals surface area contributed by atoms with Crippen LogP contribution in [0.5, 0.6) is 0 Å². The summed E-state index contributed by atoms with van der Waals surface area (Å²) in [4.78, 5) is 33.0. The standard InChI is InChI=1S/C17H19ClN4O3.ClH/c1-20-4-6-21(7-5-20)16-13(18)8-11-14(23)12(17(24)25)9-22(10-2-3-10)15(11)19-16;/h8-10H,2-7H2,1H3,(H,24,25);1H. The van der Waals surface area contributed by atoms with Crippen LogP contribution in [0.15, 0.2) is 17.1 Å². The second-order valence-corrected chi connectivity index (χ2v) is 7.18. The van der Waals surface area contributed by atoms with Gasteiger partial charge in [-0.2, -0.15) is 0 Å². The molecule has 4 rings (SSSR count). The molecule has 140 valence electrons. The first-order valence-electron chi connectivity index (χ1n) is 8.38. The number of anilines is 1. The number of fused-ring (bicyclic) bond motifs is 1. The zero-order valence-corrected chi connectivity index (χ0v) is 15.9. The van der Waals surface area contributed by atoms with Gasteiger partial charge in [0.25, 0.3) is 0 Å². The first-order chi connectivity index (χ1) is 12.0. The van der Waals surface area contributed by atoms with Gasteiger partial charge in [-0.15, -0.1) is 12.4 Å². The van der Waals surface area contributed by atoms with Crippen LogP contribution in [0, 0.1) is 0 Å². The van der Waals surface area contributed by atoms with Gasteiger partial charge >= 0.3 is 5.97 Å². The zero-order chi connectivity index (χ0) is 17.7. The number of carbonyl (C=O) groups is 1. The van der Waals surface area contributed by atoms with Crippen LogP contribution in [0.25, 0.3) is 11.0 Å². The average Bonchev–Trinajstić information content (AvgIpc) is 3.41. The van der Waals surface area contributed by atoms with E-state index in [0.29, 0.717) is 16.5 Å². The van der Waals surface area contributed by atoms with Gasteiger partial charge in [-0.1, -0.05) is 11.6 Å². The molecule has 0 bridgehead atoms. The van der Waals surface area contributed by atoms with E-state index in [-0.39, 0.29) is 29.4 Å². The minimum absolute atomic E-state index is 0. The van der Waals surface area contributed by atoms with Crippen molar-refractivity contribution in [3.63, 3.8) is 0 Å². The monoisotopic (exact) mass is 398 g/mol. The highest BCUT2D eigenvalue weighted by Gasteiger charge is 2.28. The molecular weight excluding hydrogens is 379 g/mol. The SMILES string of the molecule is CN1CCN(c2nc3c(cc2Cl)c(=O)c(C(=O)O)cn3C2CC2)CC1.Cl. The van der Waals surface area contributed by atoms with E-state index in [1.165, 1.54) is 6.20 Å². The van der Waals surface area contributed by atoms with E-state index < -0.39 is 11.4 Å². The smallest absolute Gasteiger partial charge is 0.341 e. The molecule has 7 nitrogen and oxygen atoms in total. The number of hydrogen-bond acceptors (Lipinski definition) is 5. The van der Waals surface area contributed by atoms with Gasteiger partial charge in [-0.3, -0.25) is 4.79 Å². The Morgan fingerprint density at radius 1 is 1.27 bits per heavy atom. The number of halogens is 2. The van der Waals surface area contributed by atoms with E-state index in [4.69, 9.17) is 16.6 Å². The Balaban J connectivity index is 0.00000196. The number of hydrogen-bond donors (Lipinski definition) is 1. The lowest BCUT2D eigenvalue weighted by atomic mass is 10.2. The van der Waals surface area contributed by atoms with Crippen molar-refractivity contribution >= 4 is 46.8 Å². The molecule has 0 unspecified atom stereocenters. The predicted molar refractivity (Wildman–Crippen MR) is 103 cm³/mol. The molecule has 1 aliphatic carbocycles. The summed E-state index contributed by atoms with van der Waals surface area (Å²) in [5.41, 5.74) is -0.237. The number of aromatic nitrogens is 2. The molecule has 0 spiro atoms. The molecule has 1 N–H and O–H groups in total. The largest absolute Gasteiger partial charge is 0.477 e. The van der Waals surface area contributed by atoms with Gasteiger partial charge in [0.1, 0.15) is 17.0 Å². The summed E-state index contributed by atoms with van der Waals surface area (Å²) in [6.07, 6.45) is 3.36. The predicted octanol–water partition coefficient (Wildman–Crippen LogP) is 2.26. The number of likely N-dealkylation sites (N-methyl/N-ethyl adjacent to an activating group) is 1. The molecule has 2 aliphatic rings. The molecule has 1 saturated heterocycles. The van der Waals surface area contributed by atoms with Crippen LogP contribution in [0.2, 0.25) is 5.02 Å². The van der Waals surface area contributed by atoms with Gasteiger partial charge in [0.15, 0.2) is 0 Å². The van der Waals surface area contributed by atoms with Crippen molar-refractivity contribution in [3.05, 3.63) is 33.1 Å². The Morgan fingerprint density at radius 3 is 2.50 bits per heavy atom. The highest BCUT2D eigenvalue weighted by atomic mass is 35.5. The summed E-state index contributed by atoms with van der Waals surface area (Å²) in [5.74, 6) is -0.556. The first kappa shape index (κ1) is 18.9. The number of carboxylic acids is 1. The van der Waals surface area contributed by atoms with Crippen molar-refractivity contribution in [1.82, 2.24) is 14.5 Å². The van der Waals surface area contributed by atoms with E-state index >= 15 is 0 Å². The molecule has 2 fully saturated rings. The fraction of sp³-hybridized carbons (Fsp3) is 0.471. The van der Waals surface area contributed by atoms with Gasteiger partial charge in [0.2, 0.25) is 5.43 Å². The first-order valence-corrected chi connectivity index (χ1v) is 8.75. The number of pyridine rings is 2. The van der Waals surface area contributed by atoms with Crippen molar-refractivity contribution in [2.75, 3.05) is 38.1 Å². The topological polar surface area (TPSA) is 78.7 Å². The van der Waals surface area contributed by atoms with Gasteiger partial charge in [-0.25, -0.2) is 9.78 Å². The number of aromatic carboxylic acids is 1. The normalized spacial score (nSPS) is 18.0. The van der Waals surface area contributed by atoms with Crippen LogP contribution in [0.4, 0.5) is 5.82 Å². The van der Waals surface area contributed by atoms with Crippen molar-refractivity contribution in [2.24, 2.45) is 0 Å². The summed E-state index contributed by atoms with van der Waals surface area (Å²) >= 11 is 6.41. The molecule has 26 heavy (non-hydrogen) atoms. The number of piperazine rings is 1. The lowest BCUT2D eigenvalue weighted by Gasteiger charge is -2.33. The maximum Gasteiger partial charge on any atom is 0.341 e. The fourth-order valence-electron chi connectivity index (χ4n) is 3.26. The van der Waals surface area contributed by atoms with Crippen molar-refractivity contribution in [1.29, 1.82) is 0 Å². The third-order valence-electron chi connectivity index (χ3n) is 4.91. The van der Waals surface area contributed by atoms with Crippen LogP contribution in [0.1, 0.15) is 29.2 Å². The van der Waals surface area contributed by atoms with Gasteiger partial charge in [0, 0.05) is 38.4 Å². The number of rotatable bonds is 3. The molecule has 0 aromatic carbocycles. The van der Waals surface area contributed by atoms with Crippen molar-refractivity contribution in [3.8, 4) is 0 Å². The third-order valence-corrected chi connectivity index (χ3v) is 5.19. The Morgan fingerprint density at radius 2 is 1.92 bits per heavy atom. The lowest BCUT2D eigenvalue weighted by Crippen LogP contribution is -2.45. The Labute approximate surface area is 161 Å². The van der Waals surface area contributed by atoms with Crippen molar-refractivity contribution in [2.45, 2.75) is 18.9 Å². The Bertz CT molecular complexity index is 918. The van der Waals surface area contributed by atoms with Gasteiger partial charge in [0.05, 0.1) is 10.4 Å². The van der Waals surface area contributed by atoms with Crippen LogP contribution >= 0.6 is 24.0 Å². The van der Waals surface area contributed by atoms with E-state index in [1.807, 2.05) is 4.57 Å². The van der Waals surface area contributed by atoms with Crippen LogP contribution in [-0.2, 0) is 0 Å². The summed E-state index contributed by atoms with van der Waals surface area (Å²) in [6.45, 7) is 3.47. The summed E-state index contributed by atoms with van der Waals surface area (Å²) in [7, 11) is 2.07. The lowest BCUT2D eigenvalue weighted by molar-refractivity contribution is 0.0695. The molecule has 1 aliphatic heterocycles. The third kappa shape index (κ3) is 3.26. The molecule has 2 aromatic heterocycles. The minimum atomic E-state index is -1.22. The molecule has 0 amide bonds. The second-order valence-electron chi connectivity index (χ2n) is 6.77. The maximum absolute atomic E-state index is 12.5. The Hall–Kier alpha value is -1.83. The zero-order valence-electron chi connectivity index (χ0n) is 14.3. The number of nitrogens with zero attached hydrogens (tertiary/aromatic N) is 4. The Kier molecular flexibility index (Phi) is 5.14. The number of carboxylic acid groups (broad SMARTS) is 1. The van der Waals surface area contributed by atoms with Crippen LogP contribution in [-0.4, -0.2) is 58.8 Å². The summed E-state index contributed by atoms with van der Waals surface area (Å²) < 4.78 is 1.83. The highest BCUT2D eigenvalue weighted by Crippen LogP contribution is 2.37.